The van der Waals surface area contributed by atoms with Crippen LogP contribution in [0.2, 0.25) is 0 Å². The highest BCUT2D eigenvalue weighted by Gasteiger charge is 2.33. The topological polar surface area (TPSA) is 49.8 Å². The summed E-state index contributed by atoms with van der Waals surface area (Å²) < 4.78 is 6.17. The van der Waals surface area contributed by atoms with Gasteiger partial charge in [-0.25, -0.2) is 0 Å². The van der Waals surface area contributed by atoms with Crippen LogP contribution in [0.25, 0.3) is 6.08 Å². The Morgan fingerprint density at radius 1 is 1.20 bits per heavy atom. The average Bonchev–Trinajstić information content (AvgIpc) is 2.88. The van der Waals surface area contributed by atoms with Crippen LogP contribution in [0.4, 0.5) is 5.69 Å². The van der Waals surface area contributed by atoms with E-state index in [0.717, 1.165) is 16.9 Å². The Labute approximate surface area is 154 Å². The normalized spacial score (nSPS) is 18.2. The summed E-state index contributed by atoms with van der Waals surface area (Å²) in [6.07, 6.45) is 3.83. The number of benzene rings is 2. The van der Waals surface area contributed by atoms with E-state index in [0.29, 0.717) is 21.5 Å². The average molecular weight is 367 g/mol. The third-order valence-corrected chi connectivity index (χ3v) is 5.15. The predicted octanol–water partition coefficient (Wildman–Crippen LogP) is 4.12. The van der Waals surface area contributed by atoms with Crippen LogP contribution in [0.5, 0.6) is 11.5 Å². The Hall–Kier alpha value is -2.57. The number of hydrogen-bond donors (Lipinski definition) is 1. The van der Waals surface area contributed by atoms with Crippen molar-refractivity contribution in [2.24, 2.45) is 0 Å². The van der Waals surface area contributed by atoms with Crippen LogP contribution in [-0.2, 0) is 4.79 Å². The van der Waals surface area contributed by atoms with E-state index in [9.17, 15) is 9.90 Å². The number of thiocarbonyl (C=S) groups is 1. The van der Waals surface area contributed by atoms with Crippen LogP contribution in [0.1, 0.15) is 5.56 Å². The molecule has 0 radical (unpaired) electrons. The molecule has 2 aromatic rings. The molecule has 2 aliphatic rings. The molecular weight excluding hydrogens is 354 g/mol. The van der Waals surface area contributed by atoms with Gasteiger partial charge in [0.2, 0.25) is 0 Å². The lowest BCUT2D eigenvalue weighted by Gasteiger charge is -2.16. The SMILES string of the molecule is O=C1/C(=C\C2=Cc3ccccc3OC2)SC(=S)N1c1cccc(O)c1. The van der Waals surface area contributed by atoms with E-state index in [-0.39, 0.29) is 11.7 Å². The minimum atomic E-state index is -0.194. The summed E-state index contributed by atoms with van der Waals surface area (Å²) in [5.41, 5.74) is 2.46. The molecule has 124 valence electrons. The number of phenolic OH excluding ortho intramolecular Hbond substituents is 1. The summed E-state index contributed by atoms with van der Waals surface area (Å²) in [6.45, 7) is 0.410. The Bertz CT molecular complexity index is 949. The molecule has 0 bridgehead atoms. The Balaban J connectivity index is 1.64. The molecule has 4 rings (SSSR count). The molecule has 0 spiro atoms. The quantitative estimate of drug-likeness (QED) is 0.639. The van der Waals surface area contributed by atoms with Crippen molar-refractivity contribution < 1.29 is 14.6 Å². The molecule has 2 heterocycles. The number of amides is 1. The fraction of sp³-hybridized carbons (Fsp3) is 0.0526. The van der Waals surface area contributed by atoms with Gasteiger partial charge in [-0.05, 0) is 35.9 Å². The van der Waals surface area contributed by atoms with Crippen molar-refractivity contribution in [1.82, 2.24) is 0 Å². The van der Waals surface area contributed by atoms with E-state index < -0.39 is 0 Å². The summed E-state index contributed by atoms with van der Waals surface area (Å²) >= 11 is 6.59. The predicted molar refractivity (Wildman–Crippen MR) is 104 cm³/mol. The van der Waals surface area contributed by atoms with E-state index >= 15 is 0 Å². The number of phenols is 1. The first kappa shape index (κ1) is 15.9. The number of carbonyl (C=O) groups excluding carboxylic acids is 1. The van der Waals surface area contributed by atoms with Crippen molar-refractivity contribution in [1.29, 1.82) is 0 Å². The van der Waals surface area contributed by atoms with Crippen molar-refractivity contribution in [3.05, 3.63) is 70.6 Å². The van der Waals surface area contributed by atoms with Gasteiger partial charge < -0.3 is 9.84 Å². The monoisotopic (exact) mass is 367 g/mol. The number of fused-ring (bicyclic) bond motifs is 1. The summed E-state index contributed by atoms with van der Waals surface area (Å²) in [6, 6.07) is 14.3. The molecule has 4 nitrogen and oxygen atoms in total. The lowest BCUT2D eigenvalue weighted by Crippen LogP contribution is -2.27. The number of hydrogen-bond acceptors (Lipinski definition) is 5. The van der Waals surface area contributed by atoms with Crippen LogP contribution in [0, 0.1) is 0 Å². The highest BCUT2D eigenvalue weighted by molar-refractivity contribution is 8.27. The number of nitrogens with zero attached hydrogens (tertiary/aromatic N) is 1. The molecule has 0 unspecified atom stereocenters. The van der Waals surface area contributed by atoms with Crippen molar-refractivity contribution in [3.8, 4) is 11.5 Å². The third kappa shape index (κ3) is 3.06. The molecule has 1 N–H and O–H groups in total. The van der Waals surface area contributed by atoms with E-state index in [1.54, 1.807) is 18.2 Å². The van der Waals surface area contributed by atoms with E-state index in [2.05, 4.69) is 0 Å². The number of rotatable bonds is 2. The van der Waals surface area contributed by atoms with Crippen molar-refractivity contribution in [3.63, 3.8) is 0 Å². The first-order valence-corrected chi connectivity index (χ1v) is 8.84. The van der Waals surface area contributed by atoms with Crippen molar-refractivity contribution in [2.75, 3.05) is 11.5 Å². The lowest BCUT2D eigenvalue weighted by atomic mass is 10.1. The molecule has 2 aliphatic heterocycles. The van der Waals surface area contributed by atoms with Crippen molar-refractivity contribution >= 4 is 46.0 Å². The maximum absolute atomic E-state index is 12.7. The van der Waals surface area contributed by atoms with Crippen LogP contribution >= 0.6 is 24.0 Å². The Kier molecular flexibility index (Phi) is 4.07. The molecule has 0 aliphatic carbocycles. The first-order valence-electron chi connectivity index (χ1n) is 7.61. The summed E-state index contributed by atoms with van der Waals surface area (Å²) in [5, 5.41) is 9.64. The van der Waals surface area contributed by atoms with Gasteiger partial charge in [-0.3, -0.25) is 9.69 Å². The first-order chi connectivity index (χ1) is 12.1. The molecule has 1 saturated heterocycles. The molecule has 1 fully saturated rings. The maximum Gasteiger partial charge on any atom is 0.270 e. The van der Waals surface area contributed by atoms with Gasteiger partial charge >= 0.3 is 0 Å². The van der Waals surface area contributed by atoms with E-state index in [1.165, 1.54) is 22.7 Å². The molecule has 0 atom stereocenters. The number of para-hydroxylation sites is 1. The third-order valence-electron chi connectivity index (χ3n) is 3.85. The molecule has 2 aromatic carbocycles. The standard InChI is InChI=1S/C19H13NO3S2/c21-15-6-3-5-14(10-15)20-18(22)17(25-19(20)24)9-12-8-13-4-1-2-7-16(13)23-11-12/h1-10,21H,11H2/b17-9+. The van der Waals surface area contributed by atoms with Gasteiger partial charge in [-0.2, -0.15) is 0 Å². The zero-order valence-electron chi connectivity index (χ0n) is 13.0. The Morgan fingerprint density at radius 3 is 2.88 bits per heavy atom. The van der Waals surface area contributed by atoms with Gasteiger partial charge in [0.15, 0.2) is 4.32 Å². The molecule has 0 saturated carbocycles. The maximum atomic E-state index is 12.7. The Morgan fingerprint density at radius 2 is 2.04 bits per heavy atom. The number of aromatic hydroxyl groups is 1. The van der Waals surface area contributed by atoms with Gasteiger partial charge in [0, 0.05) is 11.6 Å². The van der Waals surface area contributed by atoms with Crippen molar-refractivity contribution in [2.45, 2.75) is 0 Å². The van der Waals surface area contributed by atoms with Crippen LogP contribution in [-0.4, -0.2) is 21.9 Å². The summed E-state index contributed by atoms with van der Waals surface area (Å²) in [5.74, 6) is 0.739. The minimum absolute atomic E-state index is 0.0931. The second-order valence-corrected chi connectivity index (χ2v) is 7.26. The lowest BCUT2D eigenvalue weighted by molar-refractivity contribution is -0.113. The molecular formula is C19H13NO3S2. The number of ether oxygens (including phenoxy) is 1. The van der Waals surface area contributed by atoms with E-state index in [4.69, 9.17) is 17.0 Å². The van der Waals surface area contributed by atoms with Crippen LogP contribution < -0.4 is 9.64 Å². The van der Waals surface area contributed by atoms with Crippen LogP contribution in [0.15, 0.2) is 65.1 Å². The highest BCUT2D eigenvalue weighted by Crippen LogP contribution is 2.37. The largest absolute Gasteiger partial charge is 0.508 e. The highest BCUT2D eigenvalue weighted by atomic mass is 32.2. The smallest absolute Gasteiger partial charge is 0.270 e. The zero-order valence-corrected chi connectivity index (χ0v) is 14.6. The fourth-order valence-corrected chi connectivity index (χ4v) is 4.02. The van der Waals surface area contributed by atoms with E-state index in [1.807, 2.05) is 36.4 Å². The van der Waals surface area contributed by atoms with Gasteiger partial charge in [0.25, 0.3) is 5.91 Å². The molecule has 0 aromatic heterocycles. The number of thioether (sulfide) groups is 1. The van der Waals surface area contributed by atoms with Gasteiger partial charge in [0.05, 0.1) is 10.6 Å². The number of carbonyl (C=O) groups is 1. The fourth-order valence-electron chi connectivity index (χ4n) is 2.71. The minimum Gasteiger partial charge on any atom is -0.508 e. The second-order valence-electron chi connectivity index (χ2n) is 5.58. The summed E-state index contributed by atoms with van der Waals surface area (Å²) in [4.78, 5) is 14.7. The molecule has 1 amide bonds. The molecule has 25 heavy (non-hydrogen) atoms. The van der Waals surface area contributed by atoms with Gasteiger partial charge in [0.1, 0.15) is 18.1 Å². The second kappa shape index (κ2) is 6.38. The molecule has 6 heteroatoms. The van der Waals surface area contributed by atoms with Crippen LogP contribution in [0.3, 0.4) is 0 Å². The zero-order chi connectivity index (χ0) is 17.4. The van der Waals surface area contributed by atoms with Gasteiger partial charge in [-0.15, -0.1) is 0 Å². The summed E-state index contributed by atoms with van der Waals surface area (Å²) in [7, 11) is 0. The van der Waals surface area contributed by atoms with Gasteiger partial charge in [-0.1, -0.05) is 48.2 Å². The number of anilines is 1.